The quantitative estimate of drug-likeness (QED) is 0.656. The molecule has 164 valence electrons. The summed E-state index contributed by atoms with van der Waals surface area (Å²) in [6.45, 7) is 6.45. The second-order valence-electron chi connectivity index (χ2n) is 8.24. The Morgan fingerprint density at radius 1 is 1.27 bits per heavy atom. The number of benzene rings is 1. The predicted octanol–water partition coefficient (Wildman–Crippen LogP) is 3.59. The van der Waals surface area contributed by atoms with E-state index < -0.39 is 0 Å². The lowest BCUT2D eigenvalue weighted by Gasteiger charge is -2.37. The van der Waals surface area contributed by atoms with Crippen LogP contribution in [0.4, 0.5) is 0 Å². The molecule has 1 amide bonds. The van der Waals surface area contributed by atoms with Crippen LogP contribution in [-0.2, 0) is 6.42 Å². The Morgan fingerprint density at radius 2 is 2.03 bits per heavy atom. The third-order valence-electron chi connectivity index (χ3n) is 5.84. The van der Waals surface area contributed by atoms with Crippen molar-refractivity contribution in [2.75, 3.05) is 40.9 Å². The van der Waals surface area contributed by atoms with Crippen LogP contribution in [0.15, 0.2) is 28.8 Å². The highest BCUT2D eigenvalue weighted by molar-refractivity contribution is 5.91. The van der Waals surface area contributed by atoms with Gasteiger partial charge in [0.15, 0.2) is 11.5 Å². The molecule has 0 aliphatic carbocycles. The molecule has 1 saturated heterocycles. The van der Waals surface area contributed by atoms with Crippen LogP contribution in [-0.4, -0.2) is 67.8 Å². The number of likely N-dealkylation sites (N-methyl/N-ethyl adjacent to an activating group) is 1. The Bertz CT molecular complexity index is 849. The molecular weight excluding hydrogens is 382 g/mol. The largest absolute Gasteiger partial charge is 0.493 e. The number of aromatic nitrogens is 1. The molecule has 0 radical (unpaired) electrons. The van der Waals surface area contributed by atoms with Crippen LogP contribution in [0.5, 0.6) is 11.5 Å². The zero-order valence-electron chi connectivity index (χ0n) is 18.7. The molecule has 3 rings (SSSR count). The number of rotatable bonds is 8. The predicted molar refractivity (Wildman–Crippen MR) is 115 cm³/mol. The van der Waals surface area contributed by atoms with Gasteiger partial charge in [-0.3, -0.25) is 4.79 Å². The number of hydrogen-bond donors (Lipinski definition) is 0. The van der Waals surface area contributed by atoms with Gasteiger partial charge in [-0.15, -0.1) is 0 Å². The minimum atomic E-state index is -0.0626. The Morgan fingerprint density at radius 3 is 2.70 bits per heavy atom. The normalized spacial score (nSPS) is 16.9. The van der Waals surface area contributed by atoms with E-state index >= 15 is 0 Å². The maximum absolute atomic E-state index is 12.9. The number of nitrogens with zero attached hydrogens (tertiary/aromatic N) is 3. The van der Waals surface area contributed by atoms with Crippen LogP contribution in [0.25, 0.3) is 0 Å². The van der Waals surface area contributed by atoms with Crippen molar-refractivity contribution in [1.29, 1.82) is 0 Å². The maximum atomic E-state index is 12.9. The fourth-order valence-electron chi connectivity index (χ4n) is 3.84. The minimum absolute atomic E-state index is 0.0626. The van der Waals surface area contributed by atoms with Gasteiger partial charge in [0.1, 0.15) is 0 Å². The van der Waals surface area contributed by atoms with Gasteiger partial charge < -0.3 is 23.8 Å². The first-order valence-corrected chi connectivity index (χ1v) is 10.6. The summed E-state index contributed by atoms with van der Waals surface area (Å²) in [5.74, 6) is 2.01. The van der Waals surface area contributed by atoms with E-state index in [0.717, 1.165) is 49.5 Å². The van der Waals surface area contributed by atoms with Crippen LogP contribution in [0, 0.1) is 0 Å². The summed E-state index contributed by atoms with van der Waals surface area (Å²) in [5, 5.41) is 4.02. The highest BCUT2D eigenvalue weighted by atomic mass is 16.5. The molecule has 1 fully saturated rings. The Hall–Kier alpha value is -2.54. The molecule has 1 aromatic carbocycles. The van der Waals surface area contributed by atoms with Crippen LogP contribution in [0.2, 0.25) is 0 Å². The SMILES string of the molecule is COc1ccc(CCN(C)C2CCCN(C(=O)c3cc(C(C)C)no3)C2)cc1OC. The van der Waals surface area contributed by atoms with Crippen molar-refractivity contribution >= 4 is 5.91 Å². The fourth-order valence-corrected chi connectivity index (χ4v) is 3.84. The summed E-state index contributed by atoms with van der Waals surface area (Å²) in [7, 11) is 5.43. The molecule has 0 N–H and O–H groups in total. The van der Waals surface area contributed by atoms with Crippen LogP contribution >= 0.6 is 0 Å². The van der Waals surface area contributed by atoms with Gasteiger partial charge in [0, 0.05) is 31.7 Å². The molecule has 30 heavy (non-hydrogen) atoms. The van der Waals surface area contributed by atoms with Crippen LogP contribution in [0.3, 0.4) is 0 Å². The Balaban J connectivity index is 1.57. The summed E-state index contributed by atoms with van der Waals surface area (Å²) in [6.07, 6.45) is 2.98. The highest BCUT2D eigenvalue weighted by Crippen LogP contribution is 2.28. The van der Waals surface area contributed by atoms with E-state index in [-0.39, 0.29) is 11.8 Å². The van der Waals surface area contributed by atoms with Gasteiger partial charge in [0.2, 0.25) is 5.76 Å². The molecule has 1 aliphatic heterocycles. The lowest BCUT2D eigenvalue weighted by atomic mass is 10.0. The molecule has 2 heterocycles. The van der Waals surface area contributed by atoms with E-state index in [1.54, 1.807) is 20.3 Å². The van der Waals surface area contributed by atoms with Gasteiger partial charge >= 0.3 is 0 Å². The van der Waals surface area contributed by atoms with Gasteiger partial charge in [-0.2, -0.15) is 0 Å². The first kappa shape index (κ1) is 22.2. The van der Waals surface area contributed by atoms with Gasteiger partial charge in [-0.1, -0.05) is 25.1 Å². The van der Waals surface area contributed by atoms with E-state index in [4.69, 9.17) is 14.0 Å². The number of carbonyl (C=O) groups excluding carboxylic acids is 1. The second-order valence-corrected chi connectivity index (χ2v) is 8.24. The number of carbonyl (C=O) groups is 1. The third-order valence-corrected chi connectivity index (χ3v) is 5.84. The lowest BCUT2D eigenvalue weighted by molar-refractivity contribution is 0.0572. The molecule has 1 unspecified atom stereocenters. The van der Waals surface area contributed by atoms with Crippen molar-refractivity contribution in [3.63, 3.8) is 0 Å². The molecule has 1 atom stereocenters. The van der Waals surface area contributed by atoms with Crippen molar-refractivity contribution in [1.82, 2.24) is 15.0 Å². The number of ether oxygens (including phenoxy) is 2. The maximum Gasteiger partial charge on any atom is 0.292 e. The lowest BCUT2D eigenvalue weighted by Crippen LogP contribution is -2.49. The van der Waals surface area contributed by atoms with Crippen molar-refractivity contribution in [2.45, 2.75) is 45.1 Å². The summed E-state index contributed by atoms with van der Waals surface area (Å²) in [4.78, 5) is 17.1. The van der Waals surface area contributed by atoms with E-state index in [1.165, 1.54) is 5.56 Å². The Labute approximate surface area is 178 Å². The number of amides is 1. The summed E-state index contributed by atoms with van der Waals surface area (Å²) in [6, 6.07) is 8.15. The molecule has 7 heteroatoms. The third kappa shape index (κ3) is 5.14. The van der Waals surface area contributed by atoms with Crippen molar-refractivity contribution < 1.29 is 18.8 Å². The summed E-state index contributed by atoms with van der Waals surface area (Å²) < 4.78 is 16.0. The molecule has 0 bridgehead atoms. The smallest absolute Gasteiger partial charge is 0.292 e. The molecule has 1 aromatic heterocycles. The van der Waals surface area contributed by atoms with Gasteiger partial charge in [-0.25, -0.2) is 0 Å². The molecule has 0 spiro atoms. The first-order chi connectivity index (χ1) is 14.4. The van der Waals surface area contributed by atoms with Gasteiger partial charge in [-0.05, 0) is 49.9 Å². The van der Waals surface area contributed by atoms with E-state index in [2.05, 4.69) is 23.2 Å². The van der Waals surface area contributed by atoms with Crippen LogP contribution < -0.4 is 9.47 Å². The van der Waals surface area contributed by atoms with Crippen molar-refractivity contribution in [2.24, 2.45) is 0 Å². The monoisotopic (exact) mass is 415 g/mol. The topological polar surface area (TPSA) is 68.0 Å². The fraction of sp³-hybridized carbons (Fsp3) is 0.565. The number of hydrogen-bond acceptors (Lipinski definition) is 6. The number of piperidine rings is 1. The molecular formula is C23H33N3O4. The average molecular weight is 416 g/mol. The minimum Gasteiger partial charge on any atom is -0.493 e. The second kappa shape index (κ2) is 9.98. The van der Waals surface area contributed by atoms with Crippen LogP contribution in [0.1, 0.15) is 54.4 Å². The van der Waals surface area contributed by atoms with Gasteiger partial charge in [0.25, 0.3) is 5.91 Å². The summed E-state index contributed by atoms with van der Waals surface area (Å²) >= 11 is 0. The van der Waals surface area contributed by atoms with E-state index in [0.29, 0.717) is 18.3 Å². The Kier molecular flexibility index (Phi) is 7.37. The van der Waals surface area contributed by atoms with E-state index in [9.17, 15) is 4.79 Å². The standard InChI is InChI=1S/C23H33N3O4/c1-16(2)19-14-22(30-24-19)23(27)26-11-6-7-18(15-26)25(3)12-10-17-8-9-20(28-4)21(13-17)29-5/h8-9,13-14,16,18H,6-7,10-12,15H2,1-5H3. The van der Waals surface area contributed by atoms with Crippen molar-refractivity contribution in [3.05, 3.63) is 41.3 Å². The molecule has 1 aliphatic rings. The number of likely N-dealkylation sites (tertiary alicyclic amines) is 1. The number of methoxy groups -OCH3 is 2. The van der Waals surface area contributed by atoms with Gasteiger partial charge in [0.05, 0.1) is 19.9 Å². The first-order valence-electron chi connectivity index (χ1n) is 10.6. The zero-order chi connectivity index (χ0) is 21.7. The van der Waals surface area contributed by atoms with E-state index in [1.807, 2.05) is 30.9 Å². The van der Waals surface area contributed by atoms with Crippen molar-refractivity contribution in [3.8, 4) is 11.5 Å². The molecule has 0 saturated carbocycles. The summed E-state index contributed by atoms with van der Waals surface area (Å²) in [5.41, 5.74) is 2.02. The highest BCUT2D eigenvalue weighted by Gasteiger charge is 2.29. The molecule has 2 aromatic rings. The zero-order valence-corrected chi connectivity index (χ0v) is 18.7. The average Bonchev–Trinajstić information content (AvgIpc) is 3.27. The molecule has 7 nitrogen and oxygen atoms in total.